The number of benzene rings is 2. The predicted octanol–water partition coefficient (Wildman–Crippen LogP) is 3.27. The van der Waals surface area contributed by atoms with E-state index >= 15 is 0 Å². The van der Waals surface area contributed by atoms with Gasteiger partial charge in [-0.1, -0.05) is 17.7 Å². The van der Waals surface area contributed by atoms with E-state index in [-0.39, 0.29) is 11.3 Å². The Morgan fingerprint density at radius 1 is 1.12 bits per heavy atom. The molecule has 2 rings (SSSR count). The van der Waals surface area contributed by atoms with Gasteiger partial charge in [0.1, 0.15) is 5.75 Å². The van der Waals surface area contributed by atoms with Crippen LogP contribution in [0.3, 0.4) is 0 Å². The molecule has 2 aromatic carbocycles. The lowest BCUT2D eigenvalue weighted by atomic mass is 10.1. The van der Waals surface area contributed by atoms with Crippen LogP contribution in [0, 0.1) is 0 Å². The van der Waals surface area contributed by atoms with Gasteiger partial charge in [-0.15, -0.1) is 0 Å². The van der Waals surface area contributed by atoms with Crippen molar-refractivity contribution in [3.63, 3.8) is 0 Å². The minimum atomic E-state index is -3.70. The first-order valence-corrected chi connectivity index (χ1v) is 7.54. The van der Waals surface area contributed by atoms with E-state index in [0.717, 1.165) is 10.8 Å². The molecule has 0 aromatic heterocycles. The van der Waals surface area contributed by atoms with Crippen LogP contribution in [0.15, 0.2) is 30.3 Å². The van der Waals surface area contributed by atoms with Crippen LogP contribution in [-0.4, -0.2) is 13.5 Å². The number of aromatic hydroxyl groups is 1. The highest BCUT2D eigenvalue weighted by molar-refractivity contribution is 8.13. The maximum absolute atomic E-state index is 11.0. The van der Waals surface area contributed by atoms with E-state index in [4.69, 9.17) is 22.3 Å². The van der Waals surface area contributed by atoms with Crippen LogP contribution in [-0.2, 0) is 14.8 Å². The zero-order valence-electron chi connectivity index (χ0n) is 8.52. The summed E-state index contributed by atoms with van der Waals surface area (Å²) in [5.41, 5.74) is 0.259. The van der Waals surface area contributed by atoms with Gasteiger partial charge in [-0.3, -0.25) is 0 Å². The summed E-state index contributed by atoms with van der Waals surface area (Å²) in [6, 6.07) is 8.19. The third kappa shape index (κ3) is 3.03. The highest BCUT2D eigenvalue weighted by atomic mass is 35.7. The maximum Gasteiger partial charge on any atom is 0.236 e. The second-order valence-corrected chi connectivity index (χ2v) is 6.87. The second kappa shape index (κ2) is 4.37. The molecule has 0 atom stereocenters. The van der Waals surface area contributed by atoms with E-state index in [1.54, 1.807) is 24.3 Å². The molecule has 0 aliphatic heterocycles. The van der Waals surface area contributed by atoms with Gasteiger partial charge in [-0.25, -0.2) is 8.42 Å². The minimum Gasteiger partial charge on any atom is -0.508 e. The predicted molar refractivity (Wildman–Crippen MR) is 69.1 cm³/mol. The molecule has 6 heteroatoms. The average Bonchev–Trinajstić information content (AvgIpc) is 2.17. The Morgan fingerprint density at radius 3 is 2.47 bits per heavy atom. The van der Waals surface area contributed by atoms with Crippen molar-refractivity contribution < 1.29 is 13.5 Å². The van der Waals surface area contributed by atoms with E-state index < -0.39 is 14.8 Å². The summed E-state index contributed by atoms with van der Waals surface area (Å²) < 4.78 is 22.0. The van der Waals surface area contributed by atoms with Crippen LogP contribution in [0.5, 0.6) is 5.75 Å². The number of fused-ring (bicyclic) bond motifs is 1. The van der Waals surface area contributed by atoms with E-state index in [0.29, 0.717) is 5.02 Å². The van der Waals surface area contributed by atoms with Gasteiger partial charge >= 0.3 is 0 Å². The monoisotopic (exact) mass is 290 g/mol. The first kappa shape index (κ1) is 12.5. The normalized spacial score (nSPS) is 11.9. The van der Waals surface area contributed by atoms with Crippen LogP contribution >= 0.6 is 22.3 Å². The van der Waals surface area contributed by atoms with Crippen LogP contribution in [0.1, 0.15) is 5.56 Å². The molecule has 0 radical (unpaired) electrons. The molecule has 0 saturated carbocycles. The first-order chi connectivity index (χ1) is 7.85. The zero-order valence-corrected chi connectivity index (χ0v) is 10.9. The Hall–Kier alpha value is -0.970. The Bertz CT molecular complexity index is 680. The summed E-state index contributed by atoms with van der Waals surface area (Å²) in [6.07, 6.45) is 0. The molecular formula is C11H8Cl2O3S. The van der Waals surface area contributed by atoms with Crippen molar-refractivity contribution in [1.29, 1.82) is 0 Å². The molecule has 1 N–H and O–H groups in total. The molecule has 0 aliphatic rings. The van der Waals surface area contributed by atoms with Gasteiger partial charge < -0.3 is 5.11 Å². The highest BCUT2D eigenvalue weighted by Crippen LogP contribution is 2.28. The van der Waals surface area contributed by atoms with Crippen LogP contribution in [0.4, 0.5) is 0 Å². The van der Waals surface area contributed by atoms with E-state index in [9.17, 15) is 13.5 Å². The largest absolute Gasteiger partial charge is 0.508 e. The number of phenols is 1. The standard InChI is InChI=1S/C11H8Cl2O3S/c12-10-2-1-7-5-11(14)9(3-8(7)4-10)6-17(13,15)16/h1-5,14H,6H2. The lowest BCUT2D eigenvalue weighted by Crippen LogP contribution is -1.95. The fourth-order valence-electron chi connectivity index (χ4n) is 1.61. The molecular weight excluding hydrogens is 283 g/mol. The number of hydrogen-bond donors (Lipinski definition) is 1. The Kier molecular flexibility index (Phi) is 3.21. The van der Waals surface area contributed by atoms with Crippen molar-refractivity contribution in [2.75, 3.05) is 0 Å². The second-order valence-electron chi connectivity index (χ2n) is 3.66. The topological polar surface area (TPSA) is 54.4 Å². The van der Waals surface area contributed by atoms with Crippen molar-refractivity contribution >= 4 is 42.1 Å². The average molecular weight is 291 g/mol. The van der Waals surface area contributed by atoms with Gasteiger partial charge in [0.05, 0.1) is 5.75 Å². The molecule has 2 aromatic rings. The van der Waals surface area contributed by atoms with Crippen LogP contribution in [0.2, 0.25) is 5.02 Å². The lowest BCUT2D eigenvalue weighted by molar-refractivity contribution is 0.471. The van der Waals surface area contributed by atoms with E-state index in [1.165, 1.54) is 6.07 Å². The minimum absolute atomic E-state index is 0.0935. The summed E-state index contributed by atoms with van der Waals surface area (Å²) in [5, 5.41) is 11.8. The molecule has 17 heavy (non-hydrogen) atoms. The molecule has 90 valence electrons. The summed E-state index contributed by atoms with van der Waals surface area (Å²) in [4.78, 5) is 0. The van der Waals surface area contributed by atoms with Gasteiger partial charge in [-0.05, 0) is 35.0 Å². The smallest absolute Gasteiger partial charge is 0.236 e. The number of halogens is 2. The third-order valence-corrected chi connectivity index (χ3v) is 3.55. The first-order valence-electron chi connectivity index (χ1n) is 4.69. The molecule has 0 aliphatic carbocycles. The zero-order chi connectivity index (χ0) is 12.6. The Labute approximate surface area is 108 Å². The molecule has 0 heterocycles. The summed E-state index contributed by atoms with van der Waals surface area (Å²) in [7, 11) is 1.46. The SMILES string of the molecule is O=S(=O)(Cl)Cc1cc2cc(Cl)ccc2cc1O. The van der Waals surface area contributed by atoms with Gasteiger partial charge in [0.2, 0.25) is 9.05 Å². The lowest BCUT2D eigenvalue weighted by Gasteiger charge is -2.05. The number of hydrogen-bond acceptors (Lipinski definition) is 3. The van der Waals surface area contributed by atoms with Gasteiger partial charge in [0.25, 0.3) is 0 Å². The van der Waals surface area contributed by atoms with Gasteiger partial charge in [-0.2, -0.15) is 0 Å². The maximum atomic E-state index is 11.0. The molecule has 0 saturated heterocycles. The Balaban J connectivity index is 2.61. The van der Waals surface area contributed by atoms with Crippen molar-refractivity contribution in [3.8, 4) is 5.75 Å². The van der Waals surface area contributed by atoms with Crippen molar-refractivity contribution in [2.45, 2.75) is 5.75 Å². The van der Waals surface area contributed by atoms with E-state index in [1.807, 2.05) is 0 Å². The molecule has 0 unspecified atom stereocenters. The van der Waals surface area contributed by atoms with E-state index in [2.05, 4.69) is 0 Å². The molecule has 0 amide bonds. The summed E-state index contributed by atoms with van der Waals surface area (Å²) in [6.45, 7) is 0. The van der Waals surface area contributed by atoms with Crippen LogP contribution < -0.4 is 0 Å². The van der Waals surface area contributed by atoms with Crippen molar-refractivity contribution in [3.05, 3.63) is 40.9 Å². The van der Waals surface area contributed by atoms with Gasteiger partial charge in [0, 0.05) is 21.3 Å². The third-order valence-electron chi connectivity index (χ3n) is 2.33. The van der Waals surface area contributed by atoms with Crippen molar-refractivity contribution in [1.82, 2.24) is 0 Å². The fraction of sp³-hybridized carbons (Fsp3) is 0.0909. The quantitative estimate of drug-likeness (QED) is 0.864. The number of rotatable bonds is 2. The summed E-state index contributed by atoms with van der Waals surface area (Å²) in [5.74, 6) is -0.507. The van der Waals surface area contributed by atoms with Gasteiger partial charge in [0.15, 0.2) is 0 Å². The van der Waals surface area contributed by atoms with Crippen LogP contribution in [0.25, 0.3) is 10.8 Å². The molecule has 0 bridgehead atoms. The highest BCUT2D eigenvalue weighted by Gasteiger charge is 2.12. The fourth-order valence-corrected chi connectivity index (χ4v) is 2.74. The summed E-state index contributed by atoms with van der Waals surface area (Å²) >= 11 is 5.84. The van der Waals surface area contributed by atoms with Crippen molar-refractivity contribution in [2.24, 2.45) is 0 Å². The molecule has 0 fully saturated rings. The molecule has 0 spiro atoms. The molecule has 3 nitrogen and oxygen atoms in total. The Morgan fingerprint density at radius 2 is 1.82 bits per heavy atom. The number of phenolic OH excluding ortho intramolecular Hbond substituents is 1.